The normalized spacial score (nSPS) is 16.4. The van der Waals surface area contributed by atoms with Crippen molar-refractivity contribution in [3.8, 4) is 0 Å². The Balaban J connectivity index is 4.12. The number of halogens is 1. The molecule has 0 aromatic heterocycles. The number of unbranched alkanes of at least 4 members (excludes halogenated alkanes) is 1. The van der Waals surface area contributed by atoms with Crippen LogP contribution in [0.2, 0.25) is 0 Å². The molecule has 20 heavy (non-hydrogen) atoms. The zero-order valence-corrected chi connectivity index (χ0v) is 14.7. The van der Waals surface area contributed by atoms with E-state index < -0.39 is 6.10 Å². The Kier molecular flexibility index (Phi) is 13.0. The zero-order valence-electron chi connectivity index (χ0n) is 13.9. The van der Waals surface area contributed by atoms with Gasteiger partial charge in [-0.15, -0.1) is 11.6 Å². The van der Waals surface area contributed by atoms with E-state index in [0.29, 0.717) is 12.5 Å². The fourth-order valence-corrected chi connectivity index (χ4v) is 2.64. The molecule has 0 bridgehead atoms. The molecule has 122 valence electrons. The van der Waals surface area contributed by atoms with Crippen molar-refractivity contribution in [1.29, 1.82) is 0 Å². The van der Waals surface area contributed by atoms with E-state index in [9.17, 15) is 5.11 Å². The van der Waals surface area contributed by atoms with Gasteiger partial charge in [0.1, 0.15) is 0 Å². The minimum Gasteiger partial charge on any atom is -0.389 e. The van der Waals surface area contributed by atoms with Crippen molar-refractivity contribution in [2.75, 3.05) is 12.5 Å². The topological polar surface area (TPSA) is 29.5 Å². The summed E-state index contributed by atoms with van der Waals surface area (Å²) in [5.74, 6) is 1.71. The largest absolute Gasteiger partial charge is 0.389 e. The molecule has 3 atom stereocenters. The van der Waals surface area contributed by atoms with Gasteiger partial charge in [0.25, 0.3) is 0 Å². The maximum absolute atomic E-state index is 9.52. The van der Waals surface area contributed by atoms with Crippen molar-refractivity contribution in [2.24, 2.45) is 11.8 Å². The third-order valence-corrected chi connectivity index (χ3v) is 4.23. The standard InChI is InChI=1S/C17H35ClO2/c1-5-7-8-15(6-2)9-10-17(11-14(3)4)20-13-16(19)12-18/h14-17,19H,5-13H2,1-4H3/t15-,16+,17+/m0/s1. The first-order valence-electron chi connectivity index (χ1n) is 8.38. The van der Waals surface area contributed by atoms with E-state index in [1.165, 1.54) is 32.1 Å². The second-order valence-corrected chi connectivity index (χ2v) is 6.70. The van der Waals surface area contributed by atoms with Gasteiger partial charge < -0.3 is 9.84 Å². The van der Waals surface area contributed by atoms with Crippen LogP contribution in [0.5, 0.6) is 0 Å². The van der Waals surface area contributed by atoms with E-state index in [2.05, 4.69) is 27.7 Å². The van der Waals surface area contributed by atoms with Crippen LogP contribution < -0.4 is 0 Å². The Morgan fingerprint density at radius 2 is 1.80 bits per heavy atom. The number of aliphatic hydroxyl groups is 1. The molecule has 3 heteroatoms. The molecule has 0 saturated heterocycles. The molecule has 0 aliphatic heterocycles. The summed E-state index contributed by atoms with van der Waals surface area (Å²) in [6, 6.07) is 0. The first-order valence-corrected chi connectivity index (χ1v) is 8.92. The molecule has 0 amide bonds. The van der Waals surface area contributed by atoms with E-state index >= 15 is 0 Å². The highest BCUT2D eigenvalue weighted by Crippen LogP contribution is 2.22. The lowest BCUT2D eigenvalue weighted by Crippen LogP contribution is -2.24. The highest BCUT2D eigenvalue weighted by atomic mass is 35.5. The van der Waals surface area contributed by atoms with Crippen molar-refractivity contribution < 1.29 is 9.84 Å². The summed E-state index contributed by atoms with van der Waals surface area (Å²) >= 11 is 5.62. The third-order valence-electron chi connectivity index (χ3n) is 3.88. The summed E-state index contributed by atoms with van der Waals surface area (Å²) in [4.78, 5) is 0. The van der Waals surface area contributed by atoms with Crippen molar-refractivity contribution >= 4 is 11.6 Å². The maximum atomic E-state index is 9.52. The van der Waals surface area contributed by atoms with Gasteiger partial charge in [0.05, 0.1) is 24.7 Å². The van der Waals surface area contributed by atoms with Gasteiger partial charge >= 0.3 is 0 Å². The van der Waals surface area contributed by atoms with Crippen LogP contribution in [0.25, 0.3) is 0 Å². The molecular weight excluding hydrogens is 272 g/mol. The monoisotopic (exact) mass is 306 g/mol. The third kappa shape index (κ3) is 10.9. The van der Waals surface area contributed by atoms with Crippen molar-refractivity contribution in [3.05, 3.63) is 0 Å². The first-order chi connectivity index (χ1) is 9.53. The van der Waals surface area contributed by atoms with Crippen LogP contribution in [-0.4, -0.2) is 29.8 Å². The lowest BCUT2D eigenvalue weighted by molar-refractivity contribution is -0.0164. The van der Waals surface area contributed by atoms with Gasteiger partial charge in [-0.1, -0.05) is 53.4 Å². The molecule has 0 heterocycles. The predicted octanol–water partition coefficient (Wildman–Crippen LogP) is 5.01. The molecule has 0 fully saturated rings. The van der Waals surface area contributed by atoms with Crippen LogP contribution in [0.4, 0.5) is 0 Å². The first kappa shape index (κ1) is 20.2. The predicted molar refractivity (Wildman–Crippen MR) is 88.5 cm³/mol. The average Bonchev–Trinajstić information content (AvgIpc) is 2.43. The number of hydrogen-bond donors (Lipinski definition) is 1. The highest BCUT2D eigenvalue weighted by molar-refractivity contribution is 6.18. The second-order valence-electron chi connectivity index (χ2n) is 6.39. The molecule has 0 aromatic carbocycles. The lowest BCUT2D eigenvalue weighted by atomic mass is 9.91. The Labute approximate surface area is 131 Å². The number of alkyl halides is 1. The van der Waals surface area contributed by atoms with Crippen LogP contribution >= 0.6 is 11.6 Å². The van der Waals surface area contributed by atoms with Crippen LogP contribution in [0, 0.1) is 11.8 Å². The fraction of sp³-hybridized carbons (Fsp3) is 1.00. The fourth-order valence-electron chi connectivity index (χ4n) is 2.55. The molecule has 0 aliphatic rings. The van der Waals surface area contributed by atoms with E-state index in [1.54, 1.807) is 0 Å². The van der Waals surface area contributed by atoms with Crippen molar-refractivity contribution in [3.63, 3.8) is 0 Å². The molecule has 2 nitrogen and oxygen atoms in total. The van der Waals surface area contributed by atoms with Crippen molar-refractivity contribution in [2.45, 2.75) is 84.8 Å². The smallest absolute Gasteiger partial charge is 0.0908 e. The summed E-state index contributed by atoms with van der Waals surface area (Å²) in [6.07, 6.45) is 8.37. The zero-order chi connectivity index (χ0) is 15.4. The second kappa shape index (κ2) is 12.9. The van der Waals surface area contributed by atoms with E-state index in [1.807, 2.05) is 0 Å². The molecule has 0 aromatic rings. The molecule has 0 spiro atoms. The minimum atomic E-state index is -0.534. The van der Waals surface area contributed by atoms with Crippen LogP contribution in [-0.2, 0) is 4.74 Å². The van der Waals surface area contributed by atoms with E-state index in [0.717, 1.165) is 18.8 Å². The summed E-state index contributed by atoms with van der Waals surface area (Å²) in [7, 11) is 0. The van der Waals surface area contributed by atoms with Gasteiger partial charge in [0.2, 0.25) is 0 Å². The lowest BCUT2D eigenvalue weighted by Gasteiger charge is -2.23. The average molecular weight is 307 g/mol. The molecule has 0 unspecified atom stereocenters. The Bertz CT molecular complexity index is 209. The summed E-state index contributed by atoms with van der Waals surface area (Å²) < 4.78 is 5.87. The molecule has 0 aliphatic carbocycles. The van der Waals surface area contributed by atoms with E-state index in [-0.39, 0.29) is 12.0 Å². The number of hydrogen-bond acceptors (Lipinski definition) is 2. The van der Waals surface area contributed by atoms with Gasteiger partial charge in [-0.05, 0) is 31.1 Å². The maximum Gasteiger partial charge on any atom is 0.0908 e. The summed E-state index contributed by atoms with van der Waals surface area (Å²) in [6.45, 7) is 9.36. The summed E-state index contributed by atoms with van der Waals surface area (Å²) in [5, 5.41) is 9.52. The molecule has 0 rings (SSSR count). The van der Waals surface area contributed by atoms with Crippen LogP contribution in [0.3, 0.4) is 0 Å². The van der Waals surface area contributed by atoms with Crippen LogP contribution in [0.15, 0.2) is 0 Å². The number of rotatable bonds is 13. The molecule has 1 N–H and O–H groups in total. The Hall–Kier alpha value is 0.210. The van der Waals surface area contributed by atoms with Crippen LogP contribution in [0.1, 0.15) is 72.6 Å². The molecule has 0 saturated carbocycles. The van der Waals surface area contributed by atoms with Gasteiger partial charge in [-0.25, -0.2) is 0 Å². The number of aliphatic hydroxyl groups excluding tert-OH is 1. The van der Waals surface area contributed by atoms with Gasteiger partial charge in [0, 0.05) is 0 Å². The van der Waals surface area contributed by atoms with Gasteiger partial charge in [-0.2, -0.15) is 0 Å². The molecule has 0 radical (unpaired) electrons. The highest BCUT2D eigenvalue weighted by Gasteiger charge is 2.16. The Morgan fingerprint density at radius 3 is 2.30 bits per heavy atom. The summed E-state index contributed by atoms with van der Waals surface area (Å²) in [5.41, 5.74) is 0. The van der Waals surface area contributed by atoms with Gasteiger partial charge in [-0.3, -0.25) is 0 Å². The SMILES string of the molecule is CCCC[C@H](CC)CC[C@H](CC(C)C)OC[C@H](O)CCl. The quantitative estimate of drug-likeness (QED) is 0.484. The number of ether oxygens (including phenoxy) is 1. The van der Waals surface area contributed by atoms with Gasteiger partial charge in [0.15, 0.2) is 0 Å². The molecular formula is C17H35ClO2. The van der Waals surface area contributed by atoms with Crippen molar-refractivity contribution in [1.82, 2.24) is 0 Å². The van der Waals surface area contributed by atoms with E-state index in [4.69, 9.17) is 16.3 Å². The minimum absolute atomic E-state index is 0.252. The Morgan fingerprint density at radius 1 is 1.10 bits per heavy atom.